The van der Waals surface area contributed by atoms with Crippen LogP contribution in [0.2, 0.25) is 0 Å². The van der Waals surface area contributed by atoms with Crippen molar-refractivity contribution in [2.45, 2.75) is 44.3 Å². The normalized spacial score (nSPS) is 26.8. The summed E-state index contributed by atoms with van der Waals surface area (Å²) in [7, 11) is 1.72. The van der Waals surface area contributed by atoms with Crippen LogP contribution in [0.1, 0.15) is 31.4 Å². The van der Waals surface area contributed by atoms with E-state index in [2.05, 4.69) is 5.32 Å². The van der Waals surface area contributed by atoms with Gasteiger partial charge < -0.3 is 9.64 Å². The monoisotopic (exact) mass is 480 g/mol. The number of nitrogens with one attached hydrogen (secondary N) is 1. The lowest BCUT2D eigenvalue weighted by molar-refractivity contribution is -0.137. The van der Waals surface area contributed by atoms with E-state index in [-0.39, 0.29) is 23.1 Å². The molecule has 0 radical (unpaired) electrons. The number of likely N-dealkylation sites (N-methyl/N-ethyl adjacent to an activating group) is 1. The zero-order valence-corrected chi connectivity index (χ0v) is 18.7. The lowest BCUT2D eigenvalue weighted by Gasteiger charge is -2.32. The summed E-state index contributed by atoms with van der Waals surface area (Å²) < 4.78 is 60.7. The van der Waals surface area contributed by atoms with Gasteiger partial charge in [-0.3, -0.25) is 15.0 Å². The predicted octanol–water partition coefficient (Wildman–Crippen LogP) is 3.99. The summed E-state index contributed by atoms with van der Waals surface area (Å²) in [5.74, 6) is -1.45. The fourth-order valence-corrected chi connectivity index (χ4v) is 4.76. The number of alkyl halides is 3. The molecule has 4 rings (SSSR count). The second-order valence-electron chi connectivity index (χ2n) is 8.47. The molecule has 1 aromatic rings. The maximum absolute atomic E-state index is 14.9. The minimum Gasteiger partial charge on any atom is -0.352 e. The Bertz CT molecular complexity index is 1140. The van der Waals surface area contributed by atoms with Gasteiger partial charge in [0.2, 0.25) is 0 Å². The van der Waals surface area contributed by atoms with Crippen LogP contribution in [0.15, 0.2) is 41.9 Å². The van der Waals surface area contributed by atoms with Crippen molar-refractivity contribution >= 4 is 28.9 Å². The summed E-state index contributed by atoms with van der Waals surface area (Å²) in [6.07, 6.45) is -1.95. The van der Waals surface area contributed by atoms with Crippen LogP contribution >= 0.6 is 12.2 Å². The van der Waals surface area contributed by atoms with Gasteiger partial charge in [-0.2, -0.15) is 18.4 Å². The maximum Gasteiger partial charge on any atom is 0.417 e. The molecular formula is C22H20F4N4O2S. The van der Waals surface area contributed by atoms with Crippen molar-refractivity contribution in [3.05, 3.63) is 53.0 Å². The quantitative estimate of drug-likeness (QED) is 0.399. The Kier molecular flexibility index (Phi) is 5.59. The number of ether oxygens (including phenoxy) is 1. The van der Waals surface area contributed by atoms with Crippen molar-refractivity contribution in [1.29, 1.82) is 5.26 Å². The van der Waals surface area contributed by atoms with Crippen molar-refractivity contribution in [2.75, 3.05) is 11.9 Å². The number of nitriles is 1. The molecule has 3 aliphatic rings. The SMILES string of the molecule is CNC1OC1C1CC=C(N2C(=S)N(c3ccc(C#N)c(C(F)(F)F)c3)C(=O)C2(C)C)C=C1F. The van der Waals surface area contributed by atoms with Gasteiger partial charge in [0.25, 0.3) is 5.91 Å². The molecule has 33 heavy (non-hydrogen) atoms. The third-order valence-corrected chi connectivity index (χ3v) is 6.41. The lowest BCUT2D eigenvalue weighted by Crippen LogP contribution is -2.43. The molecular weight excluding hydrogens is 460 g/mol. The van der Waals surface area contributed by atoms with E-state index in [1.807, 2.05) is 0 Å². The molecule has 1 N–H and O–H groups in total. The molecule has 0 saturated carbocycles. The maximum atomic E-state index is 14.9. The van der Waals surface area contributed by atoms with Crippen LogP contribution in [0.25, 0.3) is 0 Å². The number of rotatable bonds is 4. The van der Waals surface area contributed by atoms with Gasteiger partial charge in [0.1, 0.15) is 23.7 Å². The largest absolute Gasteiger partial charge is 0.417 e. The first kappa shape index (κ1) is 23.4. The number of nitrogens with zero attached hydrogens (tertiary/aromatic N) is 3. The molecule has 2 aliphatic heterocycles. The molecule has 174 valence electrons. The molecule has 0 bridgehead atoms. The van der Waals surface area contributed by atoms with E-state index in [1.165, 1.54) is 23.1 Å². The zero-order valence-electron chi connectivity index (χ0n) is 17.9. The fourth-order valence-electron chi connectivity index (χ4n) is 4.24. The van der Waals surface area contributed by atoms with Gasteiger partial charge in [0.15, 0.2) is 5.11 Å². The molecule has 3 unspecified atom stereocenters. The minimum absolute atomic E-state index is 0.0765. The summed E-state index contributed by atoms with van der Waals surface area (Å²) in [5, 5.41) is 11.9. The van der Waals surface area contributed by atoms with Gasteiger partial charge in [0.05, 0.1) is 22.9 Å². The van der Waals surface area contributed by atoms with Gasteiger partial charge in [-0.25, -0.2) is 4.39 Å². The second kappa shape index (κ2) is 7.90. The smallest absolute Gasteiger partial charge is 0.352 e. The number of carbonyl (C=O) groups excluding carboxylic acids is 1. The van der Waals surface area contributed by atoms with Crippen molar-refractivity contribution in [3.63, 3.8) is 0 Å². The highest BCUT2D eigenvalue weighted by atomic mass is 32.1. The Morgan fingerprint density at radius 2 is 2.03 bits per heavy atom. The Balaban J connectivity index is 1.67. The average molecular weight is 480 g/mol. The zero-order chi connectivity index (χ0) is 24.3. The fraction of sp³-hybridized carbons (Fsp3) is 0.409. The van der Waals surface area contributed by atoms with E-state index in [0.717, 1.165) is 17.0 Å². The summed E-state index contributed by atoms with van der Waals surface area (Å²) in [6.45, 7) is 3.13. The van der Waals surface area contributed by atoms with Gasteiger partial charge in [0, 0.05) is 11.6 Å². The van der Waals surface area contributed by atoms with Gasteiger partial charge in [-0.1, -0.05) is 6.08 Å². The molecule has 3 atom stereocenters. The number of hydrogen-bond acceptors (Lipinski definition) is 5. The number of carbonyl (C=O) groups is 1. The number of thiocarbonyl (C=S) groups is 1. The third-order valence-electron chi connectivity index (χ3n) is 6.04. The highest BCUT2D eigenvalue weighted by Crippen LogP contribution is 2.43. The third kappa shape index (κ3) is 3.82. The minimum atomic E-state index is -4.79. The average Bonchev–Trinajstić information content (AvgIpc) is 3.49. The van der Waals surface area contributed by atoms with Crippen LogP contribution in [-0.4, -0.2) is 40.8 Å². The standard InChI is InChI=1S/C22H20F4N4O2S/c1-21(2)19(31)29(12-5-4-11(10-27)15(8-12)22(24,25)26)20(33)30(21)13-6-7-14(16(23)9-13)17-18(28-3)32-17/h4-6,8-9,14,17-18,28H,7H2,1-3H3. The highest BCUT2D eigenvalue weighted by Gasteiger charge is 2.52. The van der Waals surface area contributed by atoms with E-state index >= 15 is 0 Å². The number of benzene rings is 1. The number of epoxide rings is 1. The van der Waals surface area contributed by atoms with Crippen LogP contribution in [0.5, 0.6) is 0 Å². The number of hydrogen-bond donors (Lipinski definition) is 1. The first-order valence-electron chi connectivity index (χ1n) is 10.1. The molecule has 2 fully saturated rings. The van der Waals surface area contributed by atoms with Crippen LogP contribution in [0, 0.1) is 17.2 Å². The number of amides is 1. The van der Waals surface area contributed by atoms with Crippen molar-refractivity contribution in [2.24, 2.45) is 5.92 Å². The van der Waals surface area contributed by atoms with E-state index < -0.39 is 40.5 Å². The Hall–Kier alpha value is -2.81. The first-order chi connectivity index (χ1) is 15.4. The van der Waals surface area contributed by atoms with Crippen LogP contribution in [0.3, 0.4) is 0 Å². The molecule has 0 aromatic heterocycles. The van der Waals surface area contributed by atoms with E-state index in [1.54, 1.807) is 27.0 Å². The first-order valence-corrected chi connectivity index (χ1v) is 10.5. The Labute approximate surface area is 193 Å². The molecule has 0 spiro atoms. The molecule has 2 heterocycles. The molecule has 1 aliphatic carbocycles. The van der Waals surface area contributed by atoms with Crippen molar-refractivity contribution < 1.29 is 27.1 Å². The number of halogens is 4. The summed E-state index contributed by atoms with van der Waals surface area (Å²) in [5.41, 5.74) is -2.77. The van der Waals surface area contributed by atoms with Gasteiger partial charge >= 0.3 is 6.18 Å². The van der Waals surface area contributed by atoms with E-state index in [0.29, 0.717) is 12.1 Å². The molecule has 2 saturated heterocycles. The van der Waals surface area contributed by atoms with Crippen molar-refractivity contribution in [1.82, 2.24) is 10.2 Å². The Morgan fingerprint density at radius 3 is 2.58 bits per heavy atom. The molecule has 1 amide bonds. The molecule has 6 nitrogen and oxygen atoms in total. The Morgan fingerprint density at radius 1 is 1.33 bits per heavy atom. The van der Waals surface area contributed by atoms with Gasteiger partial charge in [-0.05, 0) is 63.8 Å². The van der Waals surface area contributed by atoms with Crippen LogP contribution in [-0.2, 0) is 15.7 Å². The highest BCUT2D eigenvalue weighted by molar-refractivity contribution is 7.80. The summed E-state index contributed by atoms with van der Waals surface area (Å²) in [4.78, 5) is 15.7. The van der Waals surface area contributed by atoms with Crippen LogP contribution < -0.4 is 10.2 Å². The number of allylic oxidation sites excluding steroid dienone is 2. The summed E-state index contributed by atoms with van der Waals surface area (Å²) in [6, 6.07) is 4.48. The molecule has 1 aromatic carbocycles. The summed E-state index contributed by atoms with van der Waals surface area (Å²) >= 11 is 5.48. The van der Waals surface area contributed by atoms with Crippen LogP contribution in [0.4, 0.5) is 23.2 Å². The van der Waals surface area contributed by atoms with E-state index in [4.69, 9.17) is 22.2 Å². The van der Waals surface area contributed by atoms with Gasteiger partial charge in [-0.15, -0.1) is 0 Å². The second-order valence-corrected chi connectivity index (χ2v) is 8.83. The number of anilines is 1. The van der Waals surface area contributed by atoms with Crippen molar-refractivity contribution in [3.8, 4) is 6.07 Å². The lowest BCUT2D eigenvalue weighted by atomic mass is 9.92. The topological polar surface area (TPSA) is 71.9 Å². The van der Waals surface area contributed by atoms with E-state index in [9.17, 15) is 22.4 Å². The predicted molar refractivity (Wildman–Crippen MR) is 115 cm³/mol. The molecule has 11 heteroatoms.